The second kappa shape index (κ2) is 8.61. The molecule has 28 heavy (non-hydrogen) atoms. The molecule has 0 spiro atoms. The van der Waals surface area contributed by atoms with Gasteiger partial charge in [0, 0.05) is 25.0 Å². The number of carbonyl (C=O) groups is 1. The van der Waals surface area contributed by atoms with Crippen molar-refractivity contribution in [2.45, 2.75) is 31.7 Å². The minimum absolute atomic E-state index is 0.0210. The molecule has 4 heteroatoms. The van der Waals surface area contributed by atoms with Gasteiger partial charge < -0.3 is 14.2 Å². The van der Waals surface area contributed by atoms with Crippen molar-refractivity contribution >= 4 is 16.9 Å². The highest BCUT2D eigenvalue weighted by Gasteiger charge is 2.28. The fourth-order valence-electron chi connectivity index (χ4n) is 4.13. The highest BCUT2D eigenvalue weighted by molar-refractivity contribution is 5.96. The highest BCUT2D eigenvalue weighted by Crippen LogP contribution is 2.22. The minimum atomic E-state index is -0.0210. The number of aryl methyl sites for hydroxylation is 1. The first-order chi connectivity index (χ1) is 13.7. The van der Waals surface area contributed by atoms with E-state index < -0.39 is 0 Å². The molecule has 0 aliphatic carbocycles. The summed E-state index contributed by atoms with van der Waals surface area (Å²) in [6.07, 6.45) is 4.44. The van der Waals surface area contributed by atoms with Crippen molar-refractivity contribution in [3.8, 4) is 0 Å². The van der Waals surface area contributed by atoms with Crippen LogP contribution in [0.5, 0.6) is 0 Å². The van der Waals surface area contributed by atoms with Crippen LogP contribution in [-0.2, 0) is 6.42 Å². The van der Waals surface area contributed by atoms with Crippen molar-refractivity contribution in [1.29, 1.82) is 0 Å². The van der Waals surface area contributed by atoms with Gasteiger partial charge in [-0.15, -0.1) is 0 Å². The molecule has 1 aliphatic heterocycles. The predicted octanol–water partition coefficient (Wildman–Crippen LogP) is 4.60. The number of rotatable bonds is 6. The van der Waals surface area contributed by atoms with E-state index in [0.717, 1.165) is 56.3 Å². The van der Waals surface area contributed by atoms with Crippen LogP contribution in [0.1, 0.15) is 35.4 Å². The number of piperidine rings is 1. The molecule has 4 rings (SSSR count). The molecule has 0 unspecified atom stereocenters. The van der Waals surface area contributed by atoms with E-state index in [9.17, 15) is 4.79 Å². The van der Waals surface area contributed by atoms with Gasteiger partial charge in [-0.05, 0) is 56.5 Å². The molecule has 1 aromatic heterocycles. The van der Waals surface area contributed by atoms with Gasteiger partial charge in [0.2, 0.25) is 0 Å². The Morgan fingerprint density at radius 3 is 2.75 bits per heavy atom. The summed E-state index contributed by atoms with van der Waals surface area (Å²) in [4.78, 5) is 17.3. The number of nitrogens with zero attached hydrogens (tertiary/aromatic N) is 2. The molecule has 3 aromatic rings. The number of amides is 1. The van der Waals surface area contributed by atoms with Crippen molar-refractivity contribution in [2.24, 2.45) is 0 Å². The van der Waals surface area contributed by atoms with E-state index in [1.807, 2.05) is 42.3 Å². The van der Waals surface area contributed by atoms with Gasteiger partial charge in [-0.1, -0.05) is 48.5 Å². The van der Waals surface area contributed by atoms with Crippen LogP contribution in [0.3, 0.4) is 0 Å². The fourth-order valence-corrected chi connectivity index (χ4v) is 4.13. The zero-order chi connectivity index (χ0) is 19.3. The number of fused-ring (bicyclic) bond motifs is 1. The molecule has 1 saturated heterocycles. The van der Waals surface area contributed by atoms with E-state index in [1.165, 1.54) is 5.56 Å². The van der Waals surface area contributed by atoms with Gasteiger partial charge in [0.05, 0.1) is 0 Å². The van der Waals surface area contributed by atoms with Crippen molar-refractivity contribution in [1.82, 2.24) is 9.80 Å². The quantitative estimate of drug-likeness (QED) is 0.631. The summed E-state index contributed by atoms with van der Waals surface area (Å²) in [6, 6.07) is 20.5. The molecule has 0 bridgehead atoms. The van der Waals surface area contributed by atoms with Gasteiger partial charge in [-0.3, -0.25) is 4.79 Å². The lowest BCUT2D eigenvalue weighted by atomic mass is 10.0. The second-order valence-electron chi connectivity index (χ2n) is 7.75. The number of hydrogen-bond acceptors (Lipinski definition) is 3. The van der Waals surface area contributed by atoms with Gasteiger partial charge in [-0.25, -0.2) is 0 Å². The van der Waals surface area contributed by atoms with Crippen LogP contribution < -0.4 is 0 Å². The smallest absolute Gasteiger partial charge is 0.289 e. The van der Waals surface area contributed by atoms with Gasteiger partial charge in [0.15, 0.2) is 5.76 Å². The average molecular weight is 377 g/mol. The van der Waals surface area contributed by atoms with Crippen LogP contribution >= 0.6 is 0 Å². The topological polar surface area (TPSA) is 36.7 Å². The molecule has 2 heterocycles. The Morgan fingerprint density at radius 1 is 1.14 bits per heavy atom. The Balaban J connectivity index is 1.33. The molecule has 1 aliphatic rings. The van der Waals surface area contributed by atoms with Crippen molar-refractivity contribution in [2.75, 3.05) is 26.7 Å². The SMILES string of the molecule is CN(C(=O)c1cc2ccccc2o1)[C@@H]1CCCN(CCCc2ccccc2)C1. The van der Waals surface area contributed by atoms with E-state index in [2.05, 4.69) is 35.2 Å². The number of furan rings is 1. The maximum absolute atomic E-state index is 12.9. The molecule has 146 valence electrons. The van der Waals surface area contributed by atoms with Crippen molar-refractivity contribution in [3.05, 3.63) is 72.0 Å². The van der Waals surface area contributed by atoms with Crippen LogP contribution in [0.25, 0.3) is 11.0 Å². The number of likely N-dealkylation sites (tertiary alicyclic amines) is 1. The third-order valence-electron chi connectivity index (χ3n) is 5.77. The van der Waals surface area contributed by atoms with Crippen LogP contribution in [0.4, 0.5) is 0 Å². The molecule has 1 fully saturated rings. The van der Waals surface area contributed by atoms with E-state index in [1.54, 1.807) is 0 Å². The number of benzene rings is 2. The second-order valence-corrected chi connectivity index (χ2v) is 7.75. The molecular formula is C24H28N2O2. The predicted molar refractivity (Wildman–Crippen MR) is 113 cm³/mol. The van der Waals surface area contributed by atoms with Gasteiger partial charge in [-0.2, -0.15) is 0 Å². The fraction of sp³-hybridized carbons (Fsp3) is 0.375. The van der Waals surface area contributed by atoms with Gasteiger partial charge >= 0.3 is 0 Å². The number of likely N-dealkylation sites (N-methyl/N-ethyl adjacent to an activating group) is 1. The maximum atomic E-state index is 12.9. The Hall–Kier alpha value is -2.59. The summed E-state index contributed by atoms with van der Waals surface area (Å²) < 4.78 is 5.78. The first-order valence-corrected chi connectivity index (χ1v) is 10.2. The maximum Gasteiger partial charge on any atom is 0.289 e. The standard InChI is InChI=1S/C24H28N2O2/c1-25(24(27)23-17-20-12-5-6-14-22(20)28-23)21-13-8-16-26(18-21)15-7-11-19-9-3-2-4-10-19/h2-6,9-10,12,14,17,21H,7-8,11,13,15-16,18H2,1H3/t21-/m1/s1. The molecule has 1 amide bonds. The molecule has 4 nitrogen and oxygen atoms in total. The largest absolute Gasteiger partial charge is 0.451 e. The summed E-state index contributed by atoms with van der Waals surface area (Å²) in [5.74, 6) is 0.414. The lowest BCUT2D eigenvalue weighted by Gasteiger charge is -2.37. The lowest BCUT2D eigenvalue weighted by Crippen LogP contribution is -2.48. The molecule has 0 radical (unpaired) electrons. The summed E-state index contributed by atoms with van der Waals surface area (Å²) in [5, 5.41) is 0.977. The number of hydrogen-bond donors (Lipinski definition) is 0. The molecular weight excluding hydrogens is 348 g/mol. The third kappa shape index (κ3) is 4.28. The van der Waals surface area contributed by atoms with Crippen molar-refractivity contribution in [3.63, 3.8) is 0 Å². The Morgan fingerprint density at radius 2 is 1.93 bits per heavy atom. The van der Waals surface area contributed by atoms with Crippen LogP contribution in [0.2, 0.25) is 0 Å². The van der Waals surface area contributed by atoms with Gasteiger partial charge in [0.25, 0.3) is 5.91 Å². The monoisotopic (exact) mass is 376 g/mol. The van der Waals surface area contributed by atoms with E-state index in [0.29, 0.717) is 5.76 Å². The first-order valence-electron chi connectivity index (χ1n) is 10.2. The number of carbonyl (C=O) groups excluding carboxylic acids is 1. The van der Waals surface area contributed by atoms with Crippen LogP contribution in [-0.4, -0.2) is 48.4 Å². The average Bonchev–Trinajstić information content (AvgIpc) is 3.18. The minimum Gasteiger partial charge on any atom is -0.451 e. The zero-order valence-electron chi connectivity index (χ0n) is 16.5. The van der Waals surface area contributed by atoms with E-state index in [-0.39, 0.29) is 11.9 Å². The van der Waals surface area contributed by atoms with E-state index >= 15 is 0 Å². The Bertz CT molecular complexity index is 886. The highest BCUT2D eigenvalue weighted by atomic mass is 16.3. The molecule has 0 N–H and O–H groups in total. The van der Waals surface area contributed by atoms with Crippen molar-refractivity contribution < 1.29 is 9.21 Å². The normalized spacial score (nSPS) is 17.7. The Labute approximate surface area is 166 Å². The molecule has 0 saturated carbocycles. The summed E-state index contributed by atoms with van der Waals surface area (Å²) in [7, 11) is 1.91. The Kier molecular flexibility index (Phi) is 5.77. The molecule has 1 atom stereocenters. The van der Waals surface area contributed by atoms with Gasteiger partial charge in [0.1, 0.15) is 5.58 Å². The lowest BCUT2D eigenvalue weighted by molar-refractivity contribution is 0.0589. The van der Waals surface area contributed by atoms with Crippen LogP contribution in [0.15, 0.2) is 65.1 Å². The third-order valence-corrected chi connectivity index (χ3v) is 5.77. The molecule has 2 aromatic carbocycles. The summed E-state index contributed by atoms with van der Waals surface area (Å²) in [6.45, 7) is 3.15. The number of para-hydroxylation sites is 1. The summed E-state index contributed by atoms with van der Waals surface area (Å²) >= 11 is 0. The first kappa shape index (κ1) is 18.8. The zero-order valence-corrected chi connectivity index (χ0v) is 16.5. The van der Waals surface area contributed by atoms with E-state index in [4.69, 9.17) is 4.42 Å². The van der Waals surface area contributed by atoms with Crippen LogP contribution in [0, 0.1) is 0 Å². The summed E-state index contributed by atoms with van der Waals surface area (Å²) in [5.41, 5.74) is 2.17.